The second-order valence-corrected chi connectivity index (χ2v) is 9.90. The number of rotatable bonds is 7. The fraction of sp³-hybridized carbons (Fsp3) is 0.320. The van der Waals surface area contributed by atoms with Crippen LogP contribution >= 0.6 is 22.9 Å². The van der Waals surface area contributed by atoms with Crippen LogP contribution in [0.4, 0.5) is 0 Å². The number of halogens is 1. The first-order valence-corrected chi connectivity index (χ1v) is 11.5. The Morgan fingerprint density at radius 1 is 1.13 bits per heavy atom. The van der Waals surface area contributed by atoms with Crippen molar-refractivity contribution in [2.45, 2.75) is 46.8 Å². The number of nitrogens with zero attached hydrogens (tertiary/aromatic N) is 1. The molecule has 0 saturated carbocycles. The smallest absolute Gasteiger partial charge is 0.139 e. The zero-order valence-corrected chi connectivity index (χ0v) is 19.4. The van der Waals surface area contributed by atoms with Gasteiger partial charge >= 0.3 is 0 Å². The lowest BCUT2D eigenvalue weighted by atomic mass is 9.83. The van der Waals surface area contributed by atoms with Gasteiger partial charge in [-0.05, 0) is 47.4 Å². The second kappa shape index (κ2) is 8.65. The molecule has 0 bridgehead atoms. The molecule has 0 saturated heterocycles. The second-order valence-electron chi connectivity index (χ2n) is 8.60. The summed E-state index contributed by atoms with van der Waals surface area (Å²) >= 11 is 7.86. The number of benzene rings is 2. The molecule has 1 aliphatic rings. The first-order chi connectivity index (χ1) is 14.7. The number of thiazole rings is 1. The van der Waals surface area contributed by atoms with Crippen molar-refractivity contribution in [2.24, 2.45) is 5.41 Å². The van der Waals surface area contributed by atoms with Gasteiger partial charge in [-0.1, -0.05) is 43.6 Å². The molecule has 160 valence electrons. The van der Waals surface area contributed by atoms with E-state index in [-0.39, 0.29) is 24.4 Å². The number of ether oxygens (including phenoxy) is 1. The van der Waals surface area contributed by atoms with Gasteiger partial charge in [0.25, 0.3) is 0 Å². The summed E-state index contributed by atoms with van der Waals surface area (Å²) in [5, 5.41) is 3.43. The van der Waals surface area contributed by atoms with Crippen molar-refractivity contribution in [1.29, 1.82) is 0 Å². The van der Waals surface area contributed by atoms with Gasteiger partial charge in [0.15, 0.2) is 0 Å². The lowest BCUT2D eigenvalue weighted by Crippen LogP contribution is -2.25. The van der Waals surface area contributed by atoms with Crippen LogP contribution in [0.5, 0.6) is 0 Å². The lowest BCUT2D eigenvalue weighted by Gasteiger charge is -2.19. The Morgan fingerprint density at radius 2 is 1.94 bits per heavy atom. The van der Waals surface area contributed by atoms with E-state index in [1.54, 1.807) is 0 Å². The van der Waals surface area contributed by atoms with Gasteiger partial charge in [-0.15, -0.1) is 11.3 Å². The molecule has 0 atom stereocenters. The van der Waals surface area contributed by atoms with E-state index in [1.807, 2.05) is 43.5 Å². The summed E-state index contributed by atoms with van der Waals surface area (Å²) in [5.41, 5.74) is 5.56. The molecule has 1 aliphatic heterocycles. The quantitative estimate of drug-likeness (QED) is 0.422. The molecule has 0 fully saturated rings. The number of Topliss-reactive ketones (excluding diaryl/α,β-unsaturated/α-hetero) is 2. The molecule has 2 aromatic carbocycles. The van der Waals surface area contributed by atoms with Gasteiger partial charge in [-0.25, -0.2) is 4.98 Å². The Bertz CT molecular complexity index is 1170. The molecular formula is C25H24ClNO3S. The van der Waals surface area contributed by atoms with Crippen molar-refractivity contribution in [3.63, 3.8) is 0 Å². The number of hydrogen-bond acceptors (Lipinski definition) is 5. The lowest BCUT2D eigenvalue weighted by molar-refractivity contribution is -0.130. The van der Waals surface area contributed by atoms with Crippen LogP contribution in [0.25, 0.3) is 21.7 Å². The normalized spacial score (nSPS) is 13.3. The predicted octanol–water partition coefficient (Wildman–Crippen LogP) is 6.28. The fourth-order valence-corrected chi connectivity index (χ4v) is 4.81. The molecule has 0 amide bonds. The fourth-order valence-electron chi connectivity index (χ4n) is 3.78. The minimum atomic E-state index is -0.644. The maximum absolute atomic E-state index is 12.5. The molecule has 4 rings (SSSR count). The largest absolute Gasteiger partial charge is 0.372 e. The number of carbonyl (C=O) groups excluding carboxylic acids is 2. The first-order valence-electron chi connectivity index (χ1n) is 10.2. The third-order valence-electron chi connectivity index (χ3n) is 5.80. The summed E-state index contributed by atoms with van der Waals surface area (Å²) in [6.07, 6.45) is 0.447. The minimum absolute atomic E-state index is 0.0185. The summed E-state index contributed by atoms with van der Waals surface area (Å²) in [6.45, 7) is 6.35. The van der Waals surface area contributed by atoms with E-state index < -0.39 is 5.41 Å². The van der Waals surface area contributed by atoms with Gasteiger partial charge in [-0.2, -0.15) is 0 Å². The standard InChI is InChI=1S/C25H24ClNO3S/c1-15(28)25(2,3)11-19(29)10-18-14-31-24(27-18)21-8-7-17(26)9-22(21)20-6-4-5-16-12-30-13-23(16)20/h4-9,14H,10-13H2,1-3H3. The average molecular weight is 454 g/mol. The van der Waals surface area contributed by atoms with Crippen LogP contribution in [-0.2, 0) is 34.0 Å². The number of carbonyl (C=O) groups is 2. The van der Waals surface area contributed by atoms with Gasteiger partial charge in [0.2, 0.25) is 0 Å². The Hall–Kier alpha value is -2.34. The predicted molar refractivity (Wildman–Crippen MR) is 124 cm³/mol. The number of aromatic nitrogens is 1. The van der Waals surface area contributed by atoms with Crippen LogP contribution < -0.4 is 0 Å². The third kappa shape index (κ3) is 4.64. The van der Waals surface area contributed by atoms with Gasteiger partial charge in [-0.3, -0.25) is 9.59 Å². The van der Waals surface area contributed by atoms with E-state index in [9.17, 15) is 9.59 Å². The maximum Gasteiger partial charge on any atom is 0.139 e. The molecule has 6 heteroatoms. The topological polar surface area (TPSA) is 56.3 Å². The van der Waals surface area contributed by atoms with Gasteiger partial charge in [0.05, 0.1) is 18.9 Å². The van der Waals surface area contributed by atoms with Crippen LogP contribution in [0, 0.1) is 5.41 Å². The van der Waals surface area contributed by atoms with E-state index in [2.05, 4.69) is 12.1 Å². The highest BCUT2D eigenvalue weighted by Crippen LogP contribution is 2.39. The molecule has 1 aromatic heterocycles. The third-order valence-corrected chi connectivity index (χ3v) is 6.96. The summed E-state index contributed by atoms with van der Waals surface area (Å²) in [6, 6.07) is 12.0. The van der Waals surface area contributed by atoms with E-state index in [0.717, 1.165) is 27.4 Å². The van der Waals surface area contributed by atoms with E-state index in [4.69, 9.17) is 21.3 Å². The molecule has 0 radical (unpaired) electrons. The molecule has 2 heterocycles. The summed E-state index contributed by atoms with van der Waals surface area (Å²) in [7, 11) is 0. The van der Waals surface area contributed by atoms with Crippen molar-refractivity contribution >= 4 is 34.5 Å². The molecule has 0 spiro atoms. The van der Waals surface area contributed by atoms with Gasteiger partial charge in [0, 0.05) is 34.2 Å². The number of fused-ring (bicyclic) bond motifs is 1. The molecule has 0 aliphatic carbocycles. The van der Waals surface area contributed by atoms with Crippen molar-refractivity contribution < 1.29 is 14.3 Å². The molecule has 0 N–H and O–H groups in total. The zero-order chi connectivity index (χ0) is 22.2. The minimum Gasteiger partial charge on any atom is -0.372 e. The highest BCUT2D eigenvalue weighted by atomic mass is 35.5. The highest BCUT2D eigenvalue weighted by Gasteiger charge is 2.27. The van der Waals surface area contributed by atoms with Crippen LogP contribution in [0.2, 0.25) is 5.02 Å². The van der Waals surface area contributed by atoms with Crippen molar-refractivity contribution in [3.05, 3.63) is 63.6 Å². The summed E-state index contributed by atoms with van der Waals surface area (Å²) in [4.78, 5) is 29.0. The van der Waals surface area contributed by atoms with Crippen molar-refractivity contribution in [1.82, 2.24) is 4.98 Å². The molecular weight excluding hydrogens is 430 g/mol. The monoisotopic (exact) mass is 453 g/mol. The molecule has 3 aromatic rings. The van der Waals surface area contributed by atoms with Gasteiger partial charge < -0.3 is 4.74 Å². The zero-order valence-electron chi connectivity index (χ0n) is 17.8. The van der Waals surface area contributed by atoms with E-state index >= 15 is 0 Å². The van der Waals surface area contributed by atoms with Gasteiger partial charge in [0.1, 0.15) is 16.6 Å². The first kappa shape index (κ1) is 21.9. The number of ketones is 2. The van der Waals surface area contributed by atoms with Crippen LogP contribution in [0.3, 0.4) is 0 Å². The Labute approximate surface area is 191 Å². The highest BCUT2D eigenvalue weighted by molar-refractivity contribution is 7.13. The molecule has 0 unspecified atom stereocenters. The molecule has 4 nitrogen and oxygen atoms in total. The van der Waals surface area contributed by atoms with E-state index in [0.29, 0.717) is 18.2 Å². The number of hydrogen-bond donors (Lipinski definition) is 0. The SMILES string of the molecule is CC(=O)C(C)(C)CC(=O)Cc1csc(-c2ccc(Cl)cc2-c2cccc3c2COC3)n1. The van der Waals surface area contributed by atoms with E-state index in [1.165, 1.54) is 29.4 Å². The maximum atomic E-state index is 12.5. The van der Waals surface area contributed by atoms with Crippen LogP contribution in [-0.4, -0.2) is 16.6 Å². The summed E-state index contributed by atoms with van der Waals surface area (Å²) in [5.74, 6) is 0.0383. The van der Waals surface area contributed by atoms with Crippen molar-refractivity contribution in [2.75, 3.05) is 0 Å². The Morgan fingerprint density at radius 3 is 2.71 bits per heavy atom. The Balaban J connectivity index is 1.64. The molecule has 31 heavy (non-hydrogen) atoms. The summed E-state index contributed by atoms with van der Waals surface area (Å²) < 4.78 is 5.65. The van der Waals surface area contributed by atoms with Crippen molar-refractivity contribution in [3.8, 4) is 21.7 Å². The Kier molecular flexibility index (Phi) is 6.11. The average Bonchev–Trinajstić information content (AvgIpc) is 3.36. The van der Waals surface area contributed by atoms with Crippen LogP contribution in [0.15, 0.2) is 41.8 Å². The van der Waals surface area contributed by atoms with Crippen LogP contribution in [0.1, 0.15) is 44.0 Å².